The van der Waals surface area contributed by atoms with Crippen LogP contribution in [0.25, 0.3) is 0 Å². The lowest BCUT2D eigenvalue weighted by Gasteiger charge is -2.28. The number of ether oxygens (including phenoxy) is 1. The molecular formula is C8H7F3N4OS. The van der Waals surface area contributed by atoms with Crippen LogP contribution in [0, 0.1) is 11.3 Å². The van der Waals surface area contributed by atoms with Gasteiger partial charge >= 0.3 is 6.18 Å². The molecule has 0 N–H and O–H groups in total. The van der Waals surface area contributed by atoms with E-state index in [2.05, 4.69) is 9.36 Å². The van der Waals surface area contributed by atoms with Crippen LogP contribution in [0.4, 0.5) is 18.3 Å². The summed E-state index contributed by atoms with van der Waals surface area (Å²) in [5, 5.41) is 8.84. The van der Waals surface area contributed by atoms with Gasteiger partial charge in [-0.1, -0.05) is 0 Å². The smallest absolute Gasteiger partial charge is 0.360 e. The van der Waals surface area contributed by atoms with Crippen LogP contribution in [-0.4, -0.2) is 35.2 Å². The molecule has 2 rings (SSSR count). The number of anilines is 1. The maximum Gasteiger partial charge on any atom is 0.452 e. The Hall–Kier alpha value is -1.40. The van der Waals surface area contributed by atoms with Crippen molar-refractivity contribution in [3.05, 3.63) is 5.82 Å². The zero-order valence-corrected chi connectivity index (χ0v) is 9.25. The van der Waals surface area contributed by atoms with Gasteiger partial charge in [0.05, 0.1) is 19.2 Å². The molecule has 5 nitrogen and oxygen atoms in total. The highest BCUT2D eigenvalue weighted by molar-refractivity contribution is 7.09. The van der Waals surface area contributed by atoms with Crippen LogP contribution >= 0.6 is 11.5 Å². The normalized spacial score (nSPS) is 21.3. The van der Waals surface area contributed by atoms with Gasteiger partial charge in [0.1, 0.15) is 0 Å². The molecule has 0 amide bonds. The molecule has 1 unspecified atom stereocenters. The summed E-state index contributed by atoms with van der Waals surface area (Å²) in [5.41, 5.74) is 0. The standard InChI is InChI=1S/C8H7F3N4OS/c9-8(10,11)6-13-7(17-14-6)15-1-2-16-5(3-12)4-15/h5H,1-2,4H2. The molecule has 92 valence electrons. The lowest BCUT2D eigenvalue weighted by atomic mass is 10.3. The maximum absolute atomic E-state index is 12.3. The Kier molecular flexibility index (Phi) is 3.17. The number of rotatable bonds is 1. The number of nitriles is 1. The number of alkyl halides is 3. The van der Waals surface area contributed by atoms with E-state index in [0.717, 1.165) is 0 Å². The Morgan fingerprint density at radius 1 is 1.53 bits per heavy atom. The van der Waals surface area contributed by atoms with Crippen molar-refractivity contribution in [1.29, 1.82) is 5.26 Å². The van der Waals surface area contributed by atoms with E-state index in [4.69, 9.17) is 10.00 Å². The van der Waals surface area contributed by atoms with Crippen LogP contribution < -0.4 is 4.90 Å². The van der Waals surface area contributed by atoms with E-state index < -0.39 is 18.1 Å². The molecule has 1 saturated heterocycles. The molecule has 1 aromatic heterocycles. The van der Waals surface area contributed by atoms with Crippen LogP contribution in [0.2, 0.25) is 0 Å². The predicted octanol–water partition coefficient (Wildman–Crippen LogP) is 1.29. The van der Waals surface area contributed by atoms with Gasteiger partial charge in [-0.25, -0.2) is 0 Å². The molecule has 1 atom stereocenters. The quantitative estimate of drug-likeness (QED) is 0.764. The Labute approximate surface area is 98.6 Å². The molecule has 9 heteroatoms. The third-order valence-corrected chi connectivity index (χ3v) is 2.93. The summed E-state index contributed by atoms with van der Waals surface area (Å²) in [6, 6.07) is 1.91. The average molecular weight is 264 g/mol. The van der Waals surface area contributed by atoms with Crippen molar-refractivity contribution in [2.24, 2.45) is 0 Å². The maximum atomic E-state index is 12.3. The van der Waals surface area contributed by atoms with Crippen LogP contribution in [-0.2, 0) is 10.9 Å². The number of aromatic nitrogens is 2. The summed E-state index contributed by atoms with van der Waals surface area (Å²) < 4.78 is 45.2. The molecule has 1 aromatic rings. The van der Waals surface area contributed by atoms with Gasteiger partial charge in [0.25, 0.3) is 0 Å². The molecule has 0 radical (unpaired) electrons. The number of morpholine rings is 1. The Balaban J connectivity index is 2.13. The fourth-order valence-electron chi connectivity index (χ4n) is 1.36. The lowest BCUT2D eigenvalue weighted by Crippen LogP contribution is -2.41. The summed E-state index contributed by atoms with van der Waals surface area (Å²) >= 11 is 0.675. The third-order valence-electron chi connectivity index (χ3n) is 2.15. The first kappa shape index (κ1) is 12.1. The third kappa shape index (κ3) is 2.65. The molecular weight excluding hydrogens is 257 g/mol. The van der Waals surface area contributed by atoms with E-state index in [-0.39, 0.29) is 11.7 Å². The van der Waals surface area contributed by atoms with Gasteiger partial charge in [-0.15, -0.1) is 0 Å². The first-order valence-corrected chi connectivity index (χ1v) is 5.45. The second-order valence-corrected chi connectivity index (χ2v) is 4.06. The molecule has 1 fully saturated rings. The Morgan fingerprint density at radius 2 is 2.29 bits per heavy atom. The van der Waals surface area contributed by atoms with Crippen LogP contribution in [0.5, 0.6) is 0 Å². The predicted molar refractivity (Wildman–Crippen MR) is 52.5 cm³/mol. The van der Waals surface area contributed by atoms with E-state index >= 15 is 0 Å². The van der Waals surface area contributed by atoms with E-state index in [9.17, 15) is 13.2 Å². The second-order valence-electron chi connectivity index (χ2n) is 3.33. The summed E-state index contributed by atoms with van der Waals surface area (Å²) in [5.74, 6) is -1.14. The minimum atomic E-state index is -4.53. The Bertz CT molecular complexity index is 441. The van der Waals surface area contributed by atoms with Crippen molar-refractivity contribution in [3.8, 4) is 6.07 Å². The van der Waals surface area contributed by atoms with Gasteiger partial charge in [0, 0.05) is 18.1 Å². The zero-order chi connectivity index (χ0) is 12.5. The molecule has 17 heavy (non-hydrogen) atoms. The van der Waals surface area contributed by atoms with Crippen LogP contribution in [0.15, 0.2) is 0 Å². The number of hydrogen-bond donors (Lipinski definition) is 0. The second kappa shape index (κ2) is 4.46. The summed E-state index contributed by atoms with van der Waals surface area (Å²) in [7, 11) is 0. The average Bonchev–Trinajstić information content (AvgIpc) is 2.78. The van der Waals surface area contributed by atoms with E-state index in [0.29, 0.717) is 24.7 Å². The van der Waals surface area contributed by atoms with E-state index in [1.54, 1.807) is 4.90 Å². The van der Waals surface area contributed by atoms with Crippen molar-refractivity contribution in [1.82, 2.24) is 9.36 Å². The molecule has 0 spiro atoms. The largest absolute Gasteiger partial charge is 0.452 e. The molecule has 0 aliphatic carbocycles. The highest BCUT2D eigenvalue weighted by Gasteiger charge is 2.37. The first-order chi connectivity index (χ1) is 8.00. The first-order valence-electron chi connectivity index (χ1n) is 4.68. The van der Waals surface area contributed by atoms with Gasteiger partial charge in [-0.2, -0.15) is 27.8 Å². The van der Waals surface area contributed by atoms with Crippen molar-refractivity contribution in [2.45, 2.75) is 12.3 Å². The fraction of sp³-hybridized carbons (Fsp3) is 0.625. The SMILES string of the molecule is N#CC1CN(c2nc(C(F)(F)F)ns2)CCO1. The van der Waals surface area contributed by atoms with Gasteiger partial charge in [-0.05, 0) is 0 Å². The lowest BCUT2D eigenvalue weighted by molar-refractivity contribution is -0.144. The van der Waals surface area contributed by atoms with E-state index in [1.807, 2.05) is 6.07 Å². The topological polar surface area (TPSA) is 62.0 Å². The molecule has 0 bridgehead atoms. The van der Waals surface area contributed by atoms with Crippen molar-refractivity contribution >= 4 is 16.7 Å². The van der Waals surface area contributed by atoms with E-state index in [1.165, 1.54) is 0 Å². The monoisotopic (exact) mass is 264 g/mol. The van der Waals surface area contributed by atoms with Crippen molar-refractivity contribution in [2.75, 3.05) is 24.6 Å². The minimum Gasteiger partial charge on any atom is -0.360 e. The molecule has 1 aliphatic rings. The summed E-state index contributed by atoms with van der Waals surface area (Å²) in [6.07, 6.45) is -5.17. The van der Waals surface area contributed by atoms with Gasteiger partial charge in [0.2, 0.25) is 11.0 Å². The van der Waals surface area contributed by atoms with Crippen LogP contribution in [0.3, 0.4) is 0 Å². The van der Waals surface area contributed by atoms with Gasteiger partial charge in [0.15, 0.2) is 6.10 Å². The fourth-order valence-corrected chi connectivity index (χ4v) is 2.08. The summed E-state index contributed by atoms with van der Waals surface area (Å²) in [6.45, 7) is 0.910. The highest BCUT2D eigenvalue weighted by atomic mass is 32.1. The summed E-state index contributed by atoms with van der Waals surface area (Å²) in [4.78, 5) is 4.99. The minimum absolute atomic E-state index is 0.167. The van der Waals surface area contributed by atoms with Gasteiger partial charge in [-0.3, -0.25) is 0 Å². The van der Waals surface area contributed by atoms with Crippen molar-refractivity contribution in [3.63, 3.8) is 0 Å². The Morgan fingerprint density at radius 3 is 2.88 bits per heavy atom. The van der Waals surface area contributed by atoms with Crippen LogP contribution in [0.1, 0.15) is 5.82 Å². The number of halogens is 3. The molecule has 1 aliphatic heterocycles. The molecule has 0 saturated carbocycles. The number of nitrogens with zero attached hydrogens (tertiary/aromatic N) is 4. The molecule has 2 heterocycles. The number of hydrogen-bond acceptors (Lipinski definition) is 6. The molecule has 0 aromatic carbocycles. The zero-order valence-electron chi connectivity index (χ0n) is 8.44. The van der Waals surface area contributed by atoms with Gasteiger partial charge < -0.3 is 9.64 Å². The van der Waals surface area contributed by atoms with Crippen molar-refractivity contribution < 1.29 is 17.9 Å². The highest BCUT2D eigenvalue weighted by Crippen LogP contribution is 2.30.